The van der Waals surface area contributed by atoms with Crippen LogP contribution in [0.1, 0.15) is 33.3 Å². The average Bonchev–Trinajstić information content (AvgIpc) is 2.28. The number of benzene rings is 1. The van der Waals surface area contributed by atoms with Crippen molar-refractivity contribution in [3.05, 3.63) is 42.0 Å². The molecule has 1 rings (SSSR count). The highest BCUT2D eigenvalue weighted by Crippen LogP contribution is 2.24. The van der Waals surface area contributed by atoms with E-state index in [9.17, 15) is 0 Å². The first-order chi connectivity index (χ1) is 8.00. The molecule has 94 valence electrons. The van der Waals surface area contributed by atoms with E-state index in [-0.39, 0.29) is 0 Å². The second-order valence-electron chi connectivity index (χ2n) is 5.74. The van der Waals surface area contributed by atoms with Gasteiger partial charge in [-0.2, -0.15) is 0 Å². The lowest BCUT2D eigenvalue weighted by molar-refractivity contribution is 0.255. The van der Waals surface area contributed by atoms with Crippen molar-refractivity contribution in [2.75, 3.05) is 13.1 Å². The molecule has 1 nitrogen and oxygen atoms in total. The predicted molar refractivity (Wildman–Crippen MR) is 77.0 cm³/mol. The maximum Gasteiger partial charge on any atom is 0.0138 e. The first-order valence-corrected chi connectivity index (χ1v) is 6.42. The summed E-state index contributed by atoms with van der Waals surface area (Å²) in [5.74, 6) is 0.688. The summed E-state index contributed by atoms with van der Waals surface area (Å²) < 4.78 is 0. The summed E-state index contributed by atoms with van der Waals surface area (Å²) in [5, 5.41) is 3.48. The summed E-state index contributed by atoms with van der Waals surface area (Å²) in [4.78, 5) is 0. The summed E-state index contributed by atoms with van der Waals surface area (Å²) in [5.41, 5.74) is 1.65. The van der Waals surface area contributed by atoms with Crippen LogP contribution >= 0.6 is 0 Å². The van der Waals surface area contributed by atoms with E-state index >= 15 is 0 Å². The van der Waals surface area contributed by atoms with Crippen molar-refractivity contribution in [2.24, 2.45) is 11.3 Å². The minimum absolute atomic E-state index is 0.385. The molecule has 1 N–H and O–H groups in total. The van der Waals surface area contributed by atoms with E-state index in [1.165, 1.54) is 5.56 Å². The zero-order chi connectivity index (χ0) is 12.7. The van der Waals surface area contributed by atoms with Gasteiger partial charge in [0.15, 0.2) is 0 Å². The molecule has 0 bridgehead atoms. The molecule has 0 amide bonds. The molecule has 0 saturated carbocycles. The van der Waals surface area contributed by atoms with Gasteiger partial charge in [-0.25, -0.2) is 0 Å². The molecule has 0 radical (unpaired) electrons. The standard InChI is InChI=1S/C16H25N/c1-14(16(2,3)4)13-17-12-8-11-15-9-6-5-7-10-15/h5-11,14,17H,12-13H2,1-4H3/b11-8+. The number of rotatable bonds is 5. The minimum atomic E-state index is 0.385. The monoisotopic (exact) mass is 231 g/mol. The fourth-order valence-electron chi connectivity index (χ4n) is 1.45. The Balaban J connectivity index is 2.23. The maximum absolute atomic E-state index is 3.48. The average molecular weight is 231 g/mol. The van der Waals surface area contributed by atoms with Gasteiger partial charge in [-0.15, -0.1) is 0 Å². The van der Waals surface area contributed by atoms with Gasteiger partial charge in [0.2, 0.25) is 0 Å². The van der Waals surface area contributed by atoms with Crippen LogP contribution in [0.5, 0.6) is 0 Å². The number of hydrogen-bond acceptors (Lipinski definition) is 1. The first kappa shape index (κ1) is 14.0. The van der Waals surface area contributed by atoms with Crippen LogP contribution in [0.15, 0.2) is 36.4 Å². The van der Waals surface area contributed by atoms with Gasteiger partial charge in [0, 0.05) is 6.54 Å². The predicted octanol–water partition coefficient (Wildman–Crippen LogP) is 3.97. The second kappa shape index (κ2) is 6.61. The van der Waals surface area contributed by atoms with Gasteiger partial charge >= 0.3 is 0 Å². The van der Waals surface area contributed by atoms with Crippen molar-refractivity contribution in [1.29, 1.82) is 0 Å². The van der Waals surface area contributed by atoms with Gasteiger partial charge in [-0.3, -0.25) is 0 Å². The minimum Gasteiger partial charge on any atom is -0.313 e. The third-order valence-electron chi connectivity index (χ3n) is 3.30. The molecule has 0 aliphatic heterocycles. The highest BCUT2D eigenvalue weighted by Gasteiger charge is 2.18. The number of nitrogens with one attached hydrogen (secondary N) is 1. The normalized spacial score (nSPS) is 14.1. The topological polar surface area (TPSA) is 12.0 Å². The van der Waals surface area contributed by atoms with Gasteiger partial charge in [0.1, 0.15) is 0 Å². The molecule has 0 aliphatic carbocycles. The first-order valence-electron chi connectivity index (χ1n) is 6.42. The molecule has 0 aliphatic rings. The van der Waals surface area contributed by atoms with E-state index < -0.39 is 0 Å². The zero-order valence-corrected chi connectivity index (χ0v) is 11.5. The Morgan fingerprint density at radius 3 is 2.41 bits per heavy atom. The fourth-order valence-corrected chi connectivity index (χ4v) is 1.45. The summed E-state index contributed by atoms with van der Waals surface area (Å²) in [6, 6.07) is 10.4. The Labute approximate surface area is 106 Å². The molecule has 0 aromatic heterocycles. The summed E-state index contributed by atoms with van der Waals surface area (Å²) in [6.07, 6.45) is 4.35. The van der Waals surface area contributed by atoms with Crippen molar-refractivity contribution in [3.63, 3.8) is 0 Å². The lowest BCUT2D eigenvalue weighted by Gasteiger charge is -2.27. The van der Waals surface area contributed by atoms with Crippen molar-refractivity contribution >= 4 is 6.08 Å². The van der Waals surface area contributed by atoms with Crippen LogP contribution in [0.3, 0.4) is 0 Å². The van der Waals surface area contributed by atoms with Crippen LogP contribution in [0, 0.1) is 11.3 Å². The van der Waals surface area contributed by atoms with E-state index in [2.05, 4.69) is 69.4 Å². The highest BCUT2D eigenvalue weighted by atomic mass is 14.8. The molecule has 1 aromatic carbocycles. The Kier molecular flexibility index (Phi) is 5.43. The van der Waals surface area contributed by atoms with E-state index in [1.54, 1.807) is 0 Å². The number of hydrogen-bond donors (Lipinski definition) is 1. The van der Waals surface area contributed by atoms with E-state index in [1.807, 2.05) is 6.07 Å². The Hall–Kier alpha value is -1.08. The fraction of sp³-hybridized carbons (Fsp3) is 0.500. The van der Waals surface area contributed by atoms with Gasteiger partial charge in [0.05, 0.1) is 0 Å². The highest BCUT2D eigenvalue weighted by molar-refractivity contribution is 5.48. The molecule has 1 atom stereocenters. The van der Waals surface area contributed by atoms with Crippen LogP contribution in [0.25, 0.3) is 6.08 Å². The molecule has 0 heterocycles. The lowest BCUT2D eigenvalue weighted by atomic mass is 9.82. The Morgan fingerprint density at radius 2 is 1.82 bits per heavy atom. The van der Waals surface area contributed by atoms with E-state index in [4.69, 9.17) is 0 Å². The summed E-state index contributed by atoms with van der Waals surface area (Å²) in [7, 11) is 0. The Morgan fingerprint density at radius 1 is 1.18 bits per heavy atom. The van der Waals surface area contributed by atoms with Crippen LogP contribution in [-0.4, -0.2) is 13.1 Å². The van der Waals surface area contributed by atoms with Gasteiger partial charge in [0.25, 0.3) is 0 Å². The molecular weight excluding hydrogens is 206 g/mol. The largest absolute Gasteiger partial charge is 0.313 e. The van der Waals surface area contributed by atoms with Gasteiger partial charge in [-0.05, 0) is 23.4 Å². The zero-order valence-electron chi connectivity index (χ0n) is 11.5. The third-order valence-corrected chi connectivity index (χ3v) is 3.30. The summed E-state index contributed by atoms with van der Waals surface area (Å²) in [6.45, 7) is 11.2. The molecule has 17 heavy (non-hydrogen) atoms. The SMILES string of the molecule is CC(CNC/C=C/c1ccccc1)C(C)(C)C. The smallest absolute Gasteiger partial charge is 0.0138 e. The quantitative estimate of drug-likeness (QED) is 0.756. The molecule has 1 aromatic rings. The Bertz CT molecular complexity index is 332. The second-order valence-corrected chi connectivity index (χ2v) is 5.74. The van der Waals surface area contributed by atoms with Crippen molar-refractivity contribution in [3.8, 4) is 0 Å². The third kappa shape index (κ3) is 5.69. The molecular formula is C16H25N. The van der Waals surface area contributed by atoms with Crippen LogP contribution in [0.2, 0.25) is 0 Å². The van der Waals surface area contributed by atoms with Crippen molar-refractivity contribution in [2.45, 2.75) is 27.7 Å². The van der Waals surface area contributed by atoms with Crippen LogP contribution < -0.4 is 5.32 Å². The van der Waals surface area contributed by atoms with Crippen molar-refractivity contribution in [1.82, 2.24) is 5.32 Å². The molecule has 0 fully saturated rings. The molecule has 0 spiro atoms. The molecule has 1 heteroatoms. The lowest BCUT2D eigenvalue weighted by Crippen LogP contribution is -2.29. The van der Waals surface area contributed by atoms with Gasteiger partial charge < -0.3 is 5.32 Å². The van der Waals surface area contributed by atoms with Crippen molar-refractivity contribution < 1.29 is 0 Å². The van der Waals surface area contributed by atoms with Crippen LogP contribution in [-0.2, 0) is 0 Å². The maximum atomic E-state index is 3.48. The van der Waals surface area contributed by atoms with E-state index in [0.717, 1.165) is 13.1 Å². The molecule has 0 saturated heterocycles. The van der Waals surface area contributed by atoms with Gasteiger partial charge in [-0.1, -0.05) is 70.2 Å². The van der Waals surface area contributed by atoms with Crippen LogP contribution in [0.4, 0.5) is 0 Å². The summed E-state index contributed by atoms with van der Waals surface area (Å²) >= 11 is 0. The molecule has 1 unspecified atom stereocenters. The van der Waals surface area contributed by atoms with E-state index in [0.29, 0.717) is 11.3 Å².